The molecule has 0 amide bonds. The van der Waals surface area contributed by atoms with Gasteiger partial charge in [0, 0.05) is 6.42 Å². The molecule has 0 radical (unpaired) electrons. The summed E-state index contributed by atoms with van der Waals surface area (Å²) < 4.78 is 4.89. The Kier molecular flexibility index (Phi) is 2.88. The highest BCUT2D eigenvalue weighted by molar-refractivity contribution is 6.20. The molecule has 0 aliphatic carbocycles. The van der Waals surface area contributed by atoms with Gasteiger partial charge < -0.3 is 4.52 Å². The van der Waals surface area contributed by atoms with E-state index in [-0.39, 0.29) is 5.38 Å². The second kappa shape index (κ2) is 3.72. The number of halogens is 1. The van der Waals surface area contributed by atoms with E-state index in [1.807, 2.05) is 13.8 Å². The van der Waals surface area contributed by atoms with Crippen LogP contribution in [0.2, 0.25) is 0 Å². The lowest BCUT2D eigenvalue weighted by Gasteiger charge is -1.95. The number of nitrogens with zero attached hydrogens (tertiary/aromatic N) is 2. The van der Waals surface area contributed by atoms with E-state index >= 15 is 0 Å². The predicted molar refractivity (Wildman–Crippen MR) is 42.6 cm³/mol. The van der Waals surface area contributed by atoms with E-state index < -0.39 is 0 Å². The highest BCUT2D eigenvalue weighted by Crippen LogP contribution is 2.20. The molecule has 0 bridgehead atoms. The summed E-state index contributed by atoms with van der Waals surface area (Å²) >= 11 is 5.88. The molecule has 0 aromatic carbocycles. The summed E-state index contributed by atoms with van der Waals surface area (Å²) in [4.78, 5) is 4.09. The van der Waals surface area contributed by atoms with E-state index in [0.29, 0.717) is 11.7 Å². The van der Waals surface area contributed by atoms with Crippen molar-refractivity contribution in [2.75, 3.05) is 0 Å². The number of alkyl halides is 1. The highest BCUT2D eigenvalue weighted by atomic mass is 35.5. The highest BCUT2D eigenvalue weighted by Gasteiger charge is 2.12. The first-order valence-corrected chi connectivity index (χ1v) is 4.18. The molecule has 1 unspecified atom stereocenters. The van der Waals surface area contributed by atoms with Gasteiger partial charge >= 0.3 is 0 Å². The van der Waals surface area contributed by atoms with Crippen LogP contribution in [0.4, 0.5) is 0 Å². The molecule has 0 saturated carbocycles. The van der Waals surface area contributed by atoms with Gasteiger partial charge in [-0.2, -0.15) is 4.98 Å². The summed E-state index contributed by atoms with van der Waals surface area (Å²) in [6.45, 7) is 3.95. The van der Waals surface area contributed by atoms with Crippen molar-refractivity contribution < 1.29 is 4.52 Å². The molecule has 1 atom stereocenters. The lowest BCUT2D eigenvalue weighted by Crippen LogP contribution is -1.91. The molecule has 1 aromatic heterocycles. The molecule has 0 N–H and O–H groups in total. The topological polar surface area (TPSA) is 38.9 Å². The molecule has 1 rings (SSSR count). The van der Waals surface area contributed by atoms with E-state index in [0.717, 1.165) is 12.8 Å². The van der Waals surface area contributed by atoms with Gasteiger partial charge in [0.15, 0.2) is 5.82 Å². The van der Waals surface area contributed by atoms with Crippen LogP contribution in [0.1, 0.15) is 37.4 Å². The minimum Gasteiger partial charge on any atom is -0.339 e. The molecule has 0 aliphatic heterocycles. The number of rotatable bonds is 3. The molecule has 4 heteroatoms. The average Bonchev–Trinajstić information content (AvgIpc) is 2.50. The predicted octanol–water partition coefficient (Wildman–Crippen LogP) is 2.32. The van der Waals surface area contributed by atoms with Crippen LogP contribution in [0.25, 0.3) is 0 Å². The fourth-order valence-corrected chi connectivity index (χ4v) is 0.810. The van der Waals surface area contributed by atoms with Gasteiger partial charge in [0.1, 0.15) is 0 Å². The van der Waals surface area contributed by atoms with Crippen molar-refractivity contribution in [1.82, 2.24) is 10.1 Å². The van der Waals surface area contributed by atoms with Gasteiger partial charge in [0.05, 0.1) is 5.38 Å². The monoisotopic (exact) mass is 174 g/mol. The molecule has 62 valence electrons. The number of aryl methyl sites for hydroxylation is 1. The van der Waals surface area contributed by atoms with E-state index in [1.165, 1.54) is 0 Å². The van der Waals surface area contributed by atoms with Crippen LogP contribution in [0.3, 0.4) is 0 Å². The van der Waals surface area contributed by atoms with Gasteiger partial charge in [0.2, 0.25) is 5.89 Å². The lowest BCUT2D eigenvalue weighted by molar-refractivity contribution is 0.376. The maximum absolute atomic E-state index is 5.88. The third-order valence-electron chi connectivity index (χ3n) is 1.42. The summed E-state index contributed by atoms with van der Waals surface area (Å²) in [7, 11) is 0. The molecule has 1 aromatic rings. The lowest BCUT2D eigenvalue weighted by atomic mass is 10.3. The molecule has 0 saturated heterocycles. The van der Waals surface area contributed by atoms with Crippen molar-refractivity contribution in [2.45, 2.75) is 32.1 Å². The Hall–Kier alpha value is -0.570. The third-order valence-corrected chi connectivity index (χ3v) is 1.93. The Morgan fingerprint density at radius 1 is 1.55 bits per heavy atom. The van der Waals surface area contributed by atoms with Crippen LogP contribution in [-0.4, -0.2) is 10.1 Å². The van der Waals surface area contributed by atoms with Gasteiger partial charge in [-0.25, -0.2) is 0 Å². The van der Waals surface area contributed by atoms with Crippen LogP contribution < -0.4 is 0 Å². The van der Waals surface area contributed by atoms with E-state index in [2.05, 4.69) is 10.1 Å². The standard InChI is InChI=1S/C7H11ClN2O/c1-3-5(8)7-9-6(4-2)11-10-7/h5H,3-4H2,1-2H3. The quantitative estimate of drug-likeness (QED) is 0.661. The second-order valence-corrected chi connectivity index (χ2v) is 2.80. The van der Waals surface area contributed by atoms with Crippen LogP contribution in [0.5, 0.6) is 0 Å². The zero-order valence-electron chi connectivity index (χ0n) is 6.67. The Morgan fingerprint density at radius 2 is 2.27 bits per heavy atom. The van der Waals surface area contributed by atoms with Gasteiger partial charge in [-0.3, -0.25) is 0 Å². The first-order valence-electron chi connectivity index (χ1n) is 3.74. The SMILES string of the molecule is CCc1nc(C(Cl)CC)no1. The summed E-state index contributed by atoms with van der Waals surface area (Å²) in [6, 6.07) is 0. The Bertz CT molecular complexity index is 224. The zero-order valence-corrected chi connectivity index (χ0v) is 7.43. The normalized spacial score (nSPS) is 13.4. The Labute approximate surface area is 70.7 Å². The summed E-state index contributed by atoms with van der Waals surface area (Å²) in [6.07, 6.45) is 1.59. The Morgan fingerprint density at radius 3 is 2.73 bits per heavy atom. The fraction of sp³-hybridized carbons (Fsp3) is 0.714. The summed E-state index contributed by atoms with van der Waals surface area (Å²) in [5.41, 5.74) is 0. The van der Waals surface area contributed by atoms with E-state index in [4.69, 9.17) is 16.1 Å². The van der Waals surface area contributed by atoms with Crippen LogP contribution in [0, 0.1) is 0 Å². The van der Waals surface area contributed by atoms with E-state index in [9.17, 15) is 0 Å². The van der Waals surface area contributed by atoms with Crippen LogP contribution >= 0.6 is 11.6 Å². The smallest absolute Gasteiger partial charge is 0.226 e. The zero-order chi connectivity index (χ0) is 8.27. The van der Waals surface area contributed by atoms with E-state index in [1.54, 1.807) is 0 Å². The van der Waals surface area contributed by atoms with Gasteiger partial charge in [-0.1, -0.05) is 19.0 Å². The van der Waals surface area contributed by atoms with Gasteiger partial charge in [-0.15, -0.1) is 11.6 Å². The first kappa shape index (κ1) is 8.53. The fourth-order valence-electron chi connectivity index (χ4n) is 0.721. The minimum absolute atomic E-state index is 0.112. The number of hydrogen-bond donors (Lipinski definition) is 0. The Balaban J connectivity index is 2.71. The number of hydrogen-bond acceptors (Lipinski definition) is 3. The largest absolute Gasteiger partial charge is 0.339 e. The summed E-state index contributed by atoms with van der Waals surface area (Å²) in [5.74, 6) is 1.25. The van der Waals surface area contributed by atoms with Crippen LogP contribution in [0.15, 0.2) is 4.52 Å². The number of aromatic nitrogens is 2. The second-order valence-electron chi connectivity index (χ2n) is 2.28. The molecular weight excluding hydrogens is 164 g/mol. The molecule has 0 aliphatic rings. The van der Waals surface area contributed by atoms with Crippen molar-refractivity contribution in [1.29, 1.82) is 0 Å². The maximum atomic E-state index is 5.88. The molecule has 3 nitrogen and oxygen atoms in total. The van der Waals surface area contributed by atoms with Gasteiger partial charge in [-0.05, 0) is 6.42 Å². The van der Waals surface area contributed by atoms with Crippen molar-refractivity contribution in [2.24, 2.45) is 0 Å². The van der Waals surface area contributed by atoms with Crippen molar-refractivity contribution in [3.63, 3.8) is 0 Å². The van der Waals surface area contributed by atoms with Crippen LogP contribution in [-0.2, 0) is 6.42 Å². The maximum Gasteiger partial charge on any atom is 0.226 e. The molecule has 11 heavy (non-hydrogen) atoms. The van der Waals surface area contributed by atoms with Crippen molar-refractivity contribution in [3.05, 3.63) is 11.7 Å². The van der Waals surface area contributed by atoms with Crippen molar-refractivity contribution in [3.8, 4) is 0 Å². The van der Waals surface area contributed by atoms with Crippen molar-refractivity contribution >= 4 is 11.6 Å². The molecule has 1 heterocycles. The summed E-state index contributed by atoms with van der Waals surface area (Å²) in [5, 5.41) is 3.63. The average molecular weight is 175 g/mol. The third kappa shape index (κ3) is 1.93. The molecule has 0 fully saturated rings. The first-order chi connectivity index (χ1) is 5.27. The molecule has 0 spiro atoms. The minimum atomic E-state index is -0.112. The van der Waals surface area contributed by atoms with Gasteiger partial charge in [0.25, 0.3) is 0 Å². The molecular formula is C7H11ClN2O.